The van der Waals surface area contributed by atoms with Crippen LogP contribution in [0.5, 0.6) is 0 Å². The molecule has 0 fully saturated rings. The van der Waals surface area contributed by atoms with E-state index in [1.165, 1.54) is 23.1 Å². The van der Waals surface area contributed by atoms with Crippen molar-refractivity contribution in [2.45, 2.75) is 5.75 Å². The fraction of sp³-hybridized carbons (Fsp3) is 0.235. The fourth-order valence-corrected chi connectivity index (χ4v) is 4.06. The van der Waals surface area contributed by atoms with E-state index in [-0.39, 0.29) is 11.5 Å². The van der Waals surface area contributed by atoms with Crippen LogP contribution in [0.25, 0.3) is 21.3 Å². The number of fused-ring (bicyclic) bond motifs is 1. The van der Waals surface area contributed by atoms with Crippen LogP contribution < -0.4 is 11.0 Å². The summed E-state index contributed by atoms with van der Waals surface area (Å²) in [6.45, 7) is 0. The van der Waals surface area contributed by atoms with Gasteiger partial charge in [-0.3, -0.25) is 15.0 Å². The predicted octanol–water partition coefficient (Wildman–Crippen LogP) is 2.48. The SMILES string of the molecule is CN(C)NC(=O)CSCc1nc2scc(-c3ccccc3)c2c(=O)[nH]1. The number of hydrogen-bond donors (Lipinski definition) is 2. The Labute approximate surface area is 153 Å². The molecule has 1 amide bonds. The number of thiophene rings is 1. The summed E-state index contributed by atoms with van der Waals surface area (Å²) in [5.74, 6) is 1.28. The maximum Gasteiger partial charge on any atom is 0.260 e. The van der Waals surface area contributed by atoms with Gasteiger partial charge in [0.1, 0.15) is 10.7 Å². The van der Waals surface area contributed by atoms with Gasteiger partial charge in [-0.15, -0.1) is 23.1 Å². The highest BCUT2D eigenvalue weighted by Crippen LogP contribution is 2.30. The van der Waals surface area contributed by atoms with Crippen molar-refractivity contribution < 1.29 is 4.79 Å². The van der Waals surface area contributed by atoms with Crippen LogP contribution in [0.2, 0.25) is 0 Å². The van der Waals surface area contributed by atoms with Crippen molar-refractivity contribution in [2.24, 2.45) is 0 Å². The number of amides is 1. The summed E-state index contributed by atoms with van der Waals surface area (Å²) >= 11 is 2.87. The second kappa shape index (κ2) is 7.81. The number of H-pyrrole nitrogens is 1. The number of aromatic amines is 1. The van der Waals surface area contributed by atoms with Gasteiger partial charge in [0.15, 0.2) is 0 Å². The van der Waals surface area contributed by atoms with Crippen LogP contribution in [-0.4, -0.2) is 40.7 Å². The molecular weight excluding hydrogens is 356 g/mol. The molecule has 0 saturated carbocycles. The largest absolute Gasteiger partial charge is 0.309 e. The maximum atomic E-state index is 12.5. The molecule has 2 N–H and O–H groups in total. The number of hydrogen-bond acceptors (Lipinski definition) is 6. The smallest absolute Gasteiger partial charge is 0.260 e. The van der Waals surface area contributed by atoms with Crippen LogP contribution in [-0.2, 0) is 10.5 Å². The van der Waals surface area contributed by atoms with Crippen molar-refractivity contribution in [3.63, 3.8) is 0 Å². The number of rotatable bonds is 6. The topological polar surface area (TPSA) is 78.1 Å². The third kappa shape index (κ3) is 4.28. The molecule has 0 aliphatic carbocycles. The molecule has 0 atom stereocenters. The van der Waals surface area contributed by atoms with Gasteiger partial charge in [0.05, 0.1) is 16.9 Å². The van der Waals surface area contributed by atoms with E-state index < -0.39 is 0 Å². The van der Waals surface area contributed by atoms with Crippen molar-refractivity contribution >= 4 is 39.2 Å². The van der Waals surface area contributed by atoms with Gasteiger partial charge in [0, 0.05) is 25.0 Å². The average molecular weight is 374 g/mol. The molecule has 0 bridgehead atoms. The number of hydrazine groups is 1. The first kappa shape index (κ1) is 17.7. The highest BCUT2D eigenvalue weighted by Gasteiger charge is 2.13. The van der Waals surface area contributed by atoms with Gasteiger partial charge in [0.2, 0.25) is 5.91 Å². The minimum atomic E-state index is -0.140. The van der Waals surface area contributed by atoms with E-state index in [9.17, 15) is 9.59 Å². The second-order valence-electron chi connectivity index (χ2n) is 5.63. The number of nitrogens with one attached hydrogen (secondary N) is 2. The van der Waals surface area contributed by atoms with Crippen molar-refractivity contribution in [1.29, 1.82) is 0 Å². The molecule has 0 saturated heterocycles. The zero-order valence-electron chi connectivity index (χ0n) is 13.9. The molecule has 3 aromatic rings. The maximum absolute atomic E-state index is 12.5. The Kier molecular flexibility index (Phi) is 5.52. The highest BCUT2D eigenvalue weighted by molar-refractivity contribution is 7.99. The zero-order valence-corrected chi connectivity index (χ0v) is 15.5. The van der Waals surface area contributed by atoms with Crippen LogP contribution in [0.3, 0.4) is 0 Å². The van der Waals surface area contributed by atoms with E-state index in [0.29, 0.717) is 22.7 Å². The lowest BCUT2D eigenvalue weighted by molar-refractivity contribution is -0.122. The minimum absolute atomic E-state index is 0.0825. The summed E-state index contributed by atoms with van der Waals surface area (Å²) in [5, 5.41) is 4.19. The predicted molar refractivity (Wildman–Crippen MR) is 104 cm³/mol. The molecule has 0 unspecified atom stereocenters. The van der Waals surface area contributed by atoms with E-state index in [1.54, 1.807) is 19.1 Å². The number of carbonyl (C=O) groups excluding carboxylic acids is 1. The molecule has 0 spiro atoms. The van der Waals surface area contributed by atoms with Crippen molar-refractivity contribution in [3.05, 3.63) is 51.9 Å². The van der Waals surface area contributed by atoms with Gasteiger partial charge in [-0.05, 0) is 5.56 Å². The molecule has 1 aromatic carbocycles. The first-order valence-corrected chi connectivity index (χ1v) is 9.68. The molecule has 2 aromatic heterocycles. The van der Waals surface area contributed by atoms with E-state index in [2.05, 4.69) is 15.4 Å². The Bertz CT molecular complexity index is 935. The molecule has 8 heteroatoms. The number of nitrogens with zero attached hydrogens (tertiary/aromatic N) is 2. The minimum Gasteiger partial charge on any atom is -0.309 e. The first-order chi connectivity index (χ1) is 12.0. The van der Waals surface area contributed by atoms with Gasteiger partial charge in [0.25, 0.3) is 5.56 Å². The second-order valence-corrected chi connectivity index (χ2v) is 7.47. The lowest BCUT2D eigenvalue weighted by Crippen LogP contribution is -2.37. The van der Waals surface area contributed by atoms with Gasteiger partial charge in [-0.25, -0.2) is 9.99 Å². The van der Waals surface area contributed by atoms with E-state index in [0.717, 1.165) is 16.0 Å². The molecule has 0 radical (unpaired) electrons. The van der Waals surface area contributed by atoms with Crippen LogP contribution in [0.15, 0.2) is 40.5 Å². The summed E-state index contributed by atoms with van der Waals surface area (Å²) in [6, 6.07) is 9.80. The Morgan fingerprint density at radius 1 is 1.32 bits per heavy atom. The Hall–Kier alpha value is -2.16. The molecule has 6 nitrogen and oxygen atoms in total. The van der Waals surface area contributed by atoms with Crippen molar-refractivity contribution in [3.8, 4) is 11.1 Å². The monoisotopic (exact) mass is 374 g/mol. The summed E-state index contributed by atoms with van der Waals surface area (Å²) in [5.41, 5.74) is 4.44. The van der Waals surface area contributed by atoms with E-state index in [1.807, 2.05) is 35.7 Å². The van der Waals surface area contributed by atoms with Crippen molar-refractivity contribution in [2.75, 3.05) is 19.8 Å². The van der Waals surface area contributed by atoms with Gasteiger partial charge >= 0.3 is 0 Å². The zero-order chi connectivity index (χ0) is 17.8. The summed E-state index contributed by atoms with van der Waals surface area (Å²) in [7, 11) is 3.52. The summed E-state index contributed by atoms with van der Waals surface area (Å²) in [4.78, 5) is 32.2. The van der Waals surface area contributed by atoms with Crippen LogP contribution in [0, 0.1) is 0 Å². The molecule has 3 rings (SSSR count). The quantitative estimate of drug-likeness (QED) is 0.648. The number of carbonyl (C=O) groups is 1. The van der Waals surface area contributed by atoms with E-state index >= 15 is 0 Å². The van der Waals surface area contributed by atoms with Crippen molar-refractivity contribution in [1.82, 2.24) is 20.4 Å². The molecule has 130 valence electrons. The summed E-state index contributed by atoms with van der Waals surface area (Å²) in [6.07, 6.45) is 0. The van der Waals surface area contributed by atoms with Crippen LogP contribution >= 0.6 is 23.1 Å². The van der Waals surface area contributed by atoms with E-state index in [4.69, 9.17) is 0 Å². The Morgan fingerprint density at radius 3 is 2.80 bits per heavy atom. The number of benzene rings is 1. The molecule has 0 aliphatic rings. The Morgan fingerprint density at radius 2 is 2.08 bits per heavy atom. The first-order valence-electron chi connectivity index (χ1n) is 7.65. The molecule has 0 aliphatic heterocycles. The van der Waals surface area contributed by atoms with Gasteiger partial charge in [-0.1, -0.05) is 30.3 Å². The van der Waals surface area contributed by atoms with Gasteiger partial charge in [-0.2, -0.15) is 0 Å². The average Bonchev–Trinajstić information content (AvgIpc) is 2.99. The Balaban J connectivity index is 1.77. The third-order valence-corrected chi connectivity index (χ3v) is 5.21. The fourth-order valence-electron chi connectivity index (χ4n) is 2.41. The lowest BCUT2D eigenvalue weighted by Gasteiger charge is -2.11. The van der Waals surface area contributed by atoms with Crippen LogP contribution in [0.1, 0.15) is 5.82 Å². The normalized spacial score (nSPS) is 11.2. The third-order valence-electron chi connectivity index (χ3n) is 3.40. The summed E-state index contributed by atoms with van der Waals surface area (Å²) < 4.78 is 0. The molecular formula is C17H18N4O2S2. The number of thioether (sulfide) groups is 1. The highest BCUT2D eigenvalue weighted by atomic mass is 32.2. The molecule has 25 heavy (non-hydrogen) atoms. The van der Waals surface area contributed by atoms with Crippen LogP contribution in [0.4, 0.5) is 0 Å². The lowest BCUT2D eigenvalue weighted by atomic mass is 10.1. The molecule has 2 heterocycles. The van der Waals surface area contributed by atoms with Gasteiger partial charge < -0.3 is 4.98 Å². The standard InChI is InChI=1S/C17H18N4O2S2/c1-21(2)20-14(22)10-24-9-13-18-16(23)15-12(8-25-17(15)19-13)11-6-4-3-5-7-11/h3-8H,9-10H2,1-2H3,(H,20,22)(H,18,19,23). The number of aromatic nitrogens is 2.